The number of aryl methyl sites for hydroxylation is 1. The number of hydrogen-bond donors (Lipinski definition) is 1. The first-order chi connectivity index (χ1) is 12.1. The molecule has 1 aromatic carbocycles. The van der Waals surface area contributed by atoms with E-state index in [2.05, 4.69) is 10.3 Å². The molecule has 0 spiro atoms. The molecule has 5 heteroatoms. The fourth-order valence-corrected chi connectivity index (χ4v) is 3.19. The van der Waals surface area contributed by atoms with Gasteiger partial charge >= 0.3 is 0 Å². The molecule has 1 saturated carbocycles. The van der Waals surface area contributed by atoms with E-state index in [1.807, 2.05) is 29.7 Å². The first kappa shape index (κ1) is 15.8. The number of nitrogens with zero attached hydrogens (tertiary/aromatic N) is 2. The van der Waals surface area contributed by atoms with Gasteiger partial charge in [-0.25, -0.2) is 9.37 Å². The van der Waals surface area contributed by atoms with Crippen molar-refractivity contribution in [2.45, 2.75) is 38.1 Å². The molecule has 4 rings (SSSR count). The lowest BCUT2D eigenvalue weighted by Crippen LogP contribution is -2.27. The van der Waals surface area contributed by atoms with E-state index in [1.54, 1.807) is 24.4 Å². The van der Waals surface area contributed by atoms with Gasteiger partial charge in [-0.3, -0.25) is 4.79 Å². The molecule has 2 heterocycles. The van der Waals surface area contributed by atoms with Crippen molar-refractivity contribution in [3.05, 3.63) is 71.4 Å². The predicted octanol–water partition coefficient (Wildman–Crippen LogP) is 3.58. The number of imidazole rings is 1. The van der Waals surface area contributed by atoms with Crippen molar-refractivity contribution in [3.63, 3.8) is 0 Å². The Hall–Kier alpha value is -2.69. The molecule has 4 nitrogen and oxygen atoms in total. The quantitative estimate of drug-likeness (QED) is 0.773. The molecule has 0 aliphatic heterocycles. The van der Waals surface area contributed by atoms with Gasteiger partial charge in [-0.2, -0.15) is 0 Å². The molecular formula is C20H20FN3O. The highest BCUT2D eigenvalue weighted by Crippen LogP contribution is 2.31. The Morgan fingerprint density at radius 2 is 2.16 bits per heavy atom. The Labute approximate surface area is 145 Å². The van der Waals surface area contributed by atoms with Crippen molar-refractivity contribution in [2.75, 3.05) is 0 Å². The van der Waals surface area contributed by atoms with Gasteiger partial charge in [-0.15, -0.1) is 0 Å². The van der Waals surface area contributed by atoms with Gasteiger partial charge in [0.2, 0.25) is 5.91 Å². The number of rotatable bonds is 5. The fourth-order valence-electron chi connectivity index (χ4n) is 3.19. The summed E-state index contributed by atoms with van der Waals surface area (Å²) < 4.78 is 16.4. The third-order valence-electron chi connectivity index (χ3n) is 4.67. The molecule has 0 bridgehead atoms. The van der Waals surface area contributed by atoms with E-state index in [0.29, 0.717) is 11.6 Å². The summed E-state index contributed by atoms with van der Waals surface area (Å²) >= 11 is 0. The number of nitrogens with one attached hydrogen (secondary N) is 1. The normalized spacial score (nSPS) is 15.3. The van der Waals surface area contributed by atoms with Gasteiger partial charge < -0.3 is 9.72 Å². The topological polar surface area (TPSA) is 46.4 Å². The van der Waals surface area contributed by atoms with Crippen LogP contribution in [0.4, 0.5) is 4.39 Å². The van der Waals surface area contributed by atoms with Gasteiger partial charge in [-0.05, 0) is 49.1 Å². The second-order valence-electron chi connectivity index (χ2n) is 6.74. The first-order valence-corrected chi connectivity index (χ1v) is 8.59. The lowest BCUT2D eigenvalue weighted by atomic mass is 9.92. The Morgan fingerprint density at radius 3 is 2.92 bits per heavy atom. The number of carbonyl (C=O) groups is 1. The maximum absolute atomic E-state index is 14.5. The van der Waals surface area contributed by atoms with Gasteiger partial charge in [0.25, 0.3) is 0 Å². The monoisotopic (exact) mass is 337 g/mol. The van der Waals surface area contributed by atoms with E-state index >= 15 is 0 Å². The van der Waals surface area contributed by atoms with Crippen LogP contribution in [0, 0.1) is 12.7 Å². The highest BCUT2D eigenvalue weighted by molar-refractivity contribution is 5.78. The molecule has 1 atom stereocenters. The summed E-state index contributed by atoms with van der Waals surface area (Å²) in [4.78, 5) is 16.9. The van der Waals surface area contributed by atoms with Gasteiger partial charge in [0.1, 0.15) is 11.5 Å². The zero-order chi connectivity index (χ0) is 17.4. The molecular weight excluding hydrogens is 317 g/mol. The zero-order valence-corrected chi connectivity index (χ0v) is 14.1. The highest BCUT2D eigenvalue weighted by Gasteiger charge is 2.28. The maximum atomic E-state index is 14.5. The molecule has 1 aliphatic carbocycles. The molecule has 0 saturated heterocycles. The van der Waals surface area contributed by atoms with Crippen molar-refractivity contribution >= 4 is 11.6 Å². The van der Waals surface area contributed by atoms with E-state index in [0.717, 1.165) is 29.7 Å². The number of carbonyl (C=O) groups excluding carboxylic acids is 1. The van der Waals surface area contributed by atoms with E-state index < -0.39 is 0 Å². The summed E-state index contributed by atoms with van der Waals surface area (Å²) in [5.74, 6) is -0.718. The first-order valence-electron chi connectivity index (χ1n) is 8.59. The van der Waals surface area contributed by atoms with Crippen molar-refractivity contribution in [1.29, 1.82) is 0 Å². The van der Waals surface area contributed by atoms with Crippen molar-refractivity contribution in [2.24, 2.45) is 0 Å². The van der Waals surface area contributed by atoms with Crippen LogP contribution in [-0.4, -0.2) is 21.3 Å². The average Bonchev–Trinajstić information content (AvgIpc) is 3.30. The lowest BCUT2D eigenvalue weighted by molar-refractivity contribution is -0.121. The molecule has 2 aromatic heterocycles. The summed E-state index contributed by atoms with van der Waals surface area (Å²) in [5, 5.41) is 3.00. The SMILES string of the molecule is Cc1ccn2c(C(CC(=O)NC3CC3)c3ccccc3F)cnc2c1. The second-order valence-corrected chi connectivity index (χ2v) is 6.74. The van der Waals surface area contributed by atoms with Crippen molar-refractivity contribution < 1.29 is 9.18 Å². The zero-order valence-electron chi connectivity index (χ0n) is 14.1. The Bertz CT molecular complexity index is 930. The number of aromatic nitrogens is 2. The number of amides is 1. The molecule has 128 valence electrons. The number of hydrogen-bond acceptors (Lipinski definition) is 2. The molecule has 1 aliphatic rings. The summed E-state index contributed by atoms with van der Waals surface area (Å²) in [6.07, 6.45) is 5.95. The van der Waals surface area contributed by atoms with Crippen LogP contribution in [0.1, 0.15) is 42.0 Å². The minimum absolute atomic E-state index is 0.0437. The van der Waals surface area contributed by atoms with E-state index in [1.165, 1.54) is 6.07 Å². The molecule has 0 radical (unpaired) electrons. The fraction of sp³-hybridized carbons (Fsp3) is 0.300. The molecule has 1 unspecified atom stereocenters. The van der Waals surface area contributed by atoms with Crippen molar-refractivity contribution in [3.8, 4) is 0 Å². The Morgan fingerprint density at radius 1 is 1.36 bits per heavy atom. The highest BCUT2D eigenvalue weighted by atomic mass is 19.1. The predicted molar refractivity (Wildman–Crippen MR) is 94.0 cm³/mol. The Balaban J connectivity index is 1.75. The molecule has 1 fully saturated rings. The van der Waals surface area contributed by atoms with E-state index in [9.17, 15) is 9.18 Å². The third kappa shape index (κ3) is 3.27. The Kier molecular flexibility index (Phi) is 3.99. The van der Waals surface area contributed by atoms with Crippen LogP contribution < -0.4 is 5.32 Å². The molecule has 3 aromatic rings. The lowest BCUT2D eigenvalue weighted by Gasteiger charge is -2.18. The van der Waals surface area contributed by atoms with Crippen LogP contribution in [0.2, 0.25) is 0 Å². The molecule has 1 N–H and O–H groups in total. The minimum atomic E-state index is -0.377. The van der Waals surface area contributed by atoms with Crippen LogP contribution in [0.5, 0.6) is 0 Å². The maximum Gasteiger partial charge on any atom is 0.221 e. The standard InChI is InChI=1S/C20H20FN3O/c1-13-8-9-24-18(12-22-19(24)10-13)16(11-20(25)23-14-6-7-14)15-4-2-3-5-17(15)21/h2-5,8-10,12,14,16H,6-7,11H2,1H3,(H,23,25). The number of halogens is 1. The summed E-state index contributed by atoms with van der Waals surface area (Å²) in [6, 6.07) is 10.9. The van der Waals surface area contributed by atoms with Crippen LogP contribution >= 0.6 is 0 Å². The van der Waals surface area contributed by atoms with Gasteiger partial charge in [0.15, 0.2) is 0 Å². The number of pyridine rings is 1. The summed E-state index contributed by atoms with van der Waals surface area (Å²) in [7, 11) is 0. The average molecular weight is 337 g/mol. The summed E-state index contributed by atoms with van der Waals surface area (Å²) in [6.45, 7) is 2.01. The van der Waals surface area contributed by atoms with Crippen molar-refractivity contribution in [1.82, 2.24) is 14.7 Å². The smallest absolute Gasteiger partial charge is 0.221 e. The van der Waals surface area contributed by atoms with Crippen LogP contribution in [-0.2, 0) is 4.79 Å². The molecule has 1 amide bonds. The van der Waals surface area contributed by atoms with E-state index in [4.69, 9.17) is 0 Å². The van der Waals surface area contributed by atoms with Crippen LogP contribution in [0.15, 0.2) is 48.8 Å². The van der Waals surface area contributed by atoms with Gasteiger partial charge in [0.05, 0.1) is 5.69 Å². The van der Waals surface area contributed by atoms with Crippen LogP contribution in [0.25, 0.3) is 5.65 Å². The largest absolute Gasteiger partial charge is 0.353 e. The van der Waals surface area contributed by atoms with E-state index in [-0.39, 0.29) is 24.1 Å². The molecule has 25 heavy (non-hydrogen) atoms. The third-order valence-corrected chi connectivity index (χ3v) is 4.67. The minimum Gasteiger partial charge on any atom is -0.353 e. The van der Waals surface area contributed by atoms with Gasteiger partial charge in [-0.1, -0.05) is 18.2 Å². The van der Waals surface area contributed by atoms with Gasteiger partial charge in [0, 0.05) is 30.8 Å². The summed E-state index contributed by atoms with van der Waals surface area (Å²) in [5.41, 5.74) is 3.26. The number of fused-ring (bicyclic) bond motifs is 1. The van der Waals surface area contributed by atoms with Crippen LogP contribution in [0.3, 0.4) is 0 Å². The number of benzene rings is 1. The second kappa shape index (κ2) is 6.31.